The smallest absolute Gasteiger partial charge is 0.0213 e. The summed E-state index contributed by atoms with van der Waals surface area (Å²) < 4.78 is 1.26. The molecular weight excluding hydrogens is 262 g/mol. The van der Waals surface area contributed by atoms with Crippen LogP contribution in [0, 0.1) is 5.92 Å². The summed E-state index contributed by atoms with van der Waals surface area (Å²) in [5.74, 6) is 0.792. The Labute approximate surface area is 107 Å². The molecule has 0 bridgehead atoms. The number of benzene rings is 1. The van der Waals surface area contributed by atoms with Crippen molar-refractivity contribution in [2.75, 3.05) is 13.1 Å². The molecule has 2 heteroatoms. The Kier molecular flexibility index (Phi) is 3.70. The van der Waals surface area contributed by atoms with Gasteiger partial charge in [0.2, 0.25) is 0 Å². The van der Waals surface area contributed by atoms with Gasteiger partial charge in [0.1, 0.15) is 0 Å². The van der Waals surface area contributed by atoms with E-state index in [-0.39, 0.29) is 0 Å². The van der Waals surface area contributed by atoms with Crippen molar-refractivity contribution in [3.63, 3.8) is 0 Å². The normalized spacial score (nSPS) is 18.5. The van der Waals surface area contributed by atoms with Crippen LogP contribution in [0.25, 0.3) is 0 Å². The molecule has 1 aromatic carbocycles. The summed E-state index contributed by atoms with van der Waals surface area (Å²) in [5.41, 5.74) is 1.86. The number of hydrogen-bond acceptors (Lipinski definition) is 1. The standard InChI is InChI=1S/C14H20BrN/c1-11(2)7-8-14(9-16-10-14)12-5-3-4-6-13(12)15/h3-6,11,16H,7-10H2,1-2H3. The van der Waals surface area contributed by atoms with Crippen molar-refractivity contribution < 1.29 is 0 Å². The Morgan fingerprint density at radius 1 is 1.31 bits per heavy atom. The zero-order valence-electron chi connectivity index (χ0n) is 10.1. The molecule has 0 saturated carbocycles. The van der Waals surface area contributed by atoms with E-state index in [1.165, 1.54) is 22.9 Å². The third kappa shape index (κ3) is 2.33. The maximum atomic E-state index is 3.69. The summed E-state index contributed by atoms with van der Waals surface area (Å²) >= 11 is 3.69. The van der Waals surface area contributed by atoms with Crippen LogP contribution in [0.15, 0.2) is 28.7 Å². The molecule has 16 heavy (non-hydrogen) atoms. The molecular formula is C14H20BrN. The van der Waals surface area contributed by atoms with E-state index < -0.39 is 0 Å². The molecule has 1 aliphatic heterocycles. The average molecular weight is 282 g/mol. The molecule has 0 amide bonds. The third-order valence-corrected chi connectivity index (χ3v) is 4.26. The number of hydrogen-bond donors (Lipinski definition) is 1. The van der Waals surface area contributed by atoms with Crippen LogP contribution in [0.2, 0.25) is 0 Å². The first-order chi connectivity index (χ1) is 7.64. The zero-order chi connectivity index (χ0) is 11.6. The Balaban J connectivity index is 2.18. The van der Waals surface area contributed by atoms with E-state index in [0.717, 1.165) is 19.0 Å². The number of halogens is 1. The van der Waals surface area contributed by atoms with Crippen LogP contribution in [-0.4, -0.2) is 13.1 Å². The first kappa shape index (κ1) is 12.1. The van der Waals surface area contributed by atoms with Crippen LogP contribution in [0.1, 0.15) is 32.3 Å². The Hall–Kier alpha value is -0.340. The molecule has 0 unspecified atom stereocenters. The van der Waals surface area contributed by atoms with Gasteiger partial charge in [-0.05, 0) is 24.0 Å². The van der Waals surface area contributed by atoms with Gasteiger partial charge in [0.05, 0.1) is 0 Å². The van der Waals surface area contributed by atoms with E-state index in [0.29, 0.717) is 5.41 Å². The lowest BCUT2D eigenvalue weighted by Gasteiger charge is -2.44. The highest BCUT2D eigenvalue weighted by Crippen LogP contribution is 2.38. The fourth-order valence-electron chi connectivity index (χ4n) is 2.38. The largest absolute Gasteiger partial charge is 0.315 e. The number of nitrogens with one attached hydrogen (secondary N) is 1. The van der Waals surface area contributed by atoms with E-state index in [2.05, 4.69) is 59.4 Å². The molecule has 1 nitrogen and oxygen atoms in total. The third-order valence-electron chi connectivity index (χ3n) is 3.57. The molecule has 1 fully saturated rings. The van der Waals surface area contributed by atoms with Gasteiger partial charge in [-0.2, -0.15) is 0 Å². The van der Waals surface area contributed by atoms with Gasteiger partial charge in [-0.3, -0.25) is 0 Å². The molecule has 1 aromatic rings. The van der Waals surface area contributed by atoms with E-state index >= 15 is 0 Å². The lowest BCUT2D eigenvalue weighted by atomic mass is 9.71. The second-order valence-electron chi connectivity index (χ2n) is 5.30. The molecule has 88 valence electrons. The Bertz CT molecular complexity index is 356. The summed E-state index contributed by atoms with van der Waals surface area (Å²) in [7, 11) is 0. The minimum atomic E-state index is 0.379. The minimum absolute atomic E-state index is 0.379. The predicted octanol–water partition coefficient (Wildman–Crippen LogP) is 3.73. The predicted molar refractivity (Wildman–Crippen MR) is 72.8 cm³/mol. The van der Waals surface area contributed by atoms with Crippen LogP contribution in [-0.2, 0) is 5.41 Å². The molecule has 0 aromatic heterocycles. The molecule has 0 atom stereocenters. The van der Waals surface area contributed by atoms with Crippen LogP contribution in [0.3, 0.4) is 0 Å². The first-order valence-electron chi connectivity index (χ1n) is 6.10. The molecule has 0 aliphatic carbocycles. The van der Waals surface area contributed by atoms with Crippen molar-refractivity contribution in [3.8, 4) is 0 Å². The summed E-state index contributed by atoms with van der Waals surface area (Å²) in [6, 6.07) is 8.67. The van der Waals surface area contributed by atoms with Crippen molar-refractivity contribution in [2.45, 2.75) is 32.1 Å². The van der Waals surface area contributed by atoms with Crippen molar-refractivity contribution in [3.05, 3.63) is 34.3 Å². The zero-order valence-corrected chi connectivity index (χ0v) is 11.7. The Morgan fingerprint density at radius 3 is 2.50 bits per heavy atom. The van der Waals surface area contributed by atoms with E-state index in [4.69, 9.17) is 0 Å². The van der Waals surface area contributed by atoms with E-state index in [9.17, 15) is 0 Å². The molecule has 2 rings (SSSR count). The van der Waals surface area contributed by atoms with Crippen LogP contribution < -0.4 is 5.32 Å². The summed E-state index contributed by atoms with van der Waals surface area (Å²) in [4.78, 5) is 0. The minimum Gasteiger partial charge on any atom is -0.315 e. The fourth-order valence-corrected chi connectivity index (χ4v) is 3.09. The van der Waals surface area contributed by atoms with Crippen LogP contribution >= 0.6 is 15.9 Å². The van der Waals surface area contributed by atoms with Gasteiger partial charge in [0.25, 0.3) is 0 Å². The molecule has 1 heterocycles. The second kappa shape index (κ2) is 4.89. The summed E-state index contributed by atoms with van der Waals surface area (Å²) in [6.07, 6.45) is 2.60. The Morgan fingerprint density at radius 2 is 2.00 bits per heavy atom. The van der Waals surface area contributed by atoms with Gasteiger partial charge >= 0.3 is 0 Å². The highest BCUT2D eigenvalue weighted by Gasteiger charge is 2.39. The average Bonchev–Trinajstić information content (AvgIpc) is 2.18. The highest BCUT2D eigenvalue weighted by molar-refractivity contribution is 9.10. The fraction of sp³-hybridized carbons (Fsp3) is 0.571. The SMILES string of the molecule is CC(C)CCC1(c2ccccc2Br)CNC1. The van der Waals surface area contributed by atoms with Crippen molar-refractivity contribution in [1.29, 1.82) is 0 Å². The maximum absolute atomic E-state index is 3.69. The van der Waals surface area contributed by atoms with Crippen molar-refractivity contribution in [1.82, 2.24) is 5.32 Å². The molecule has 0 spiro atoms. The van der Waals surface area contributed by atoms with Gasteiger partial charge in [0.15, 0.2) is 0 Å². The van der Waals surface area contributed by atoms with Gasteiger partial charge in [-0.25, -0.2) is 0 Å². The van der Waals surface area contributed by atoms with E-state index in [1.807, 2.05) is 0 Å². The van der Waals surface area contributed by atoms with Crippen molar-refractivity contribution >= 4 is 15.9 Å². The molecule has 1 aliphatic rings. The number of rotatable bonds is 4. The second-order valence-corrected chi connectivity index (χ2v) is 6.15. The first-order valence-corrected chi connectivity index (χ1v) is 6.89. The topological polar surface area (TPSA) is 12.0 Å². The van der Waals surface area contributed by atoms with Gasteiger partial charge in [0, 0.05) is 23.0 Å². The van der Waals surface area contributed by atoms with Crippen molar-refractivity contribution in [2.24, 2.45) is 5.92 Å². The van der Waals surface area contributed by atoms with Gasteiger partial charge in [-0.15, -0.1) is 0 Å². The summed E-state index contributed by atoms with van der Waals surface area (Å²) in [6.45, 7) is 6.87. The monoisotopic (exact) mass is 281 g/mol. The quantitative estimate of drug-likeness (QED) is 0.887. The van der Waals surface area contributed by atoms with E-state index in [1.54, 1.807) is 0 Å². The molecule has 0 radical (unpaired) electrons. The lowest BCUT2D eigenvalue weighted by Crippen LogP contribution is -2.57. The molecule has 1 N–H and O–H groups in total. The van der Waals surface area contributed by atoms with Gasteiger partial charge in [-0.1, -0.05) is 54.4 Å². The van der Waals surface area contributed by atoms with Crippen LogP contribution in [0.5, 0.6) is 0 Å². The highest BCUT2D eigenvalue weighted by atomic mass is 79.9. The maximum Gasteiger partial charge on any atom is 0.0213 e. The van der Waals surface area contributed by atoms with Crippen LogP contribution in [0.4, 0.5) is 0 Å². The lowest BCUT2D eigenvalue weighted by molar-refractivity contribution is 0.240. The molecule has 1 saturated heterocycles. The van der Waals surface area contributed by atoms with Gasteiger partial charge < -0.3 is 5.32 Å². The summed E-state index contributed by atoms with van der Waals surface area (Å²) in [5, 5.41) is 3.43.